The van der Waals surface area contributed by atoms with Crippen molar-refractivity contribution in [3.8, 4) is 5.75 Å². The number of non-ortho nitro benzene ring substituents is 1. The van der Waals surface area contributed by atoms with Gasteiger partial charge < -0.3 is 10.1 Å². The second-order valence-corrected chi connectivity index (χ2v) is 7.59. The molecule has 11 nitrogen and oxygen atoms in total. The van der Waals surface area contributed by atoms with Crippen LogP contribution in [0.15, 0.2) is 78.4 Å². The zero-order chi connectivity index (χ0) is 26.5. The highest BCUT2D eigenvalue weighted by Crippen LogP contribution is 2.26. The van der Waals surface area contributed by atoms with Gasteiger partial charge in [-0.15, -0.1) is 0 Å². The van der Waals surface area contributed by atoms with Crippen LogP contribution in [0.3, 0.4) is 0 Å². The number of anilines is 2. The maximum Gasteiger partial charge on any atom is 0.335 e. The molecule has 5 amide bonds. The predicted molar refractivity (Wildman–Crippen MR) is 129 cm³/mol. The third-order valence-electron chi connectivity index (χ3n) is 5.15. The lowest BCUT2D eigenvalue weighted by molar-refractivity contribution is -0.384. The number of nitro groups is 1. The summed E-state index contributed by atoms with van der Waals surface area (Å²) in [7, 11) is 0. The number of nitro benzene ring substituents is 1. The number of benzene rings is 3. The molecule has 0 bridgehead atoms. The molecule has 4 rings (SSSR count). The Bertz CT molecular complexity index is 1450. The number of urea groups is 1. The number of imide groups is 2. The van der Waals surface area contributed by atoms with E-state index in [-0.39, 0.29) is 28.4 Å². The van der Waals surface area contributed by atoms with Gasteiger partial charge >= 0.3 is 6.03 Å². The minimum Gasteiger partial charge on any atom is -0.483 e. The molecule has 12 heteroatoms. The first kappa shape index (κ1) is 24.7. The van der Waals surface area contributed by atoms with Crippen LogP contribution in [0.4, 0.5) is 26.2 Å². The fourth-order valence-corrected chi connectivity index (χ4v) is 3.39. The summed E-state index contributed by atoms with van der Waals surface area (Å²) >= 11 is 0. The Morgan fingerprint density at radius 2 is 1.70 bits per heavy atom. The lowest BCUT2D eigenvalue weighted by atomic mass is 10.1. The molecule has 0 radical (unpaired) electrons. The van der Waals surface area contributed by atoms with Gasteiger partial charge in [-0.3, -0.25) is 29.8 Å². The van der Waals surface area contributed by atoms with E-state index in [1.165, 1.54) is 48.5 Å². The smallest absolute Gasteiger partial charge is 0.335 e. The maximum absolute atomic E-state index is 13.8. The first-order chi connectivity index (χ1) is 17.7. The molecule has 1 aliphatic rings. The van der Waals surface area contributed by atoms with Gasteiger partial charge in [0.25, 0.3) is 23.4 Å². The Balaban J connectivity index is 1.55. The molecule has 0 aromatic heterocycles. The van der Waals surface area contributed by atoms with Crippen LogP contribution in [0, 0.1) is 15.9 Å². The van der Waals surface area contributed by atoms with E-state index in [4.69, 9.17) is 4.74 Å². The molecule has 2 N–H and O–H groups in total. The van der Waals surface area contributed by atoms with E-state index < -0.39 is 46.7 Å². The molecule has 37 heavy (non-hydrogen) atoms. The van der Waals surface area contributed by atoms with Crippen molar-refractivity contribution in [2.24, 2.45) is 0 Å². The second kappa shape index (κ2) is 10.5. The number of ether oxygens (including phenoxy) is 1. The Morgan fingerprint density at radius 3 is 2.41 bits per heavy atom. The maximum atomic E-state index is 13.8. The molecule has 0 atom stereocenters. The summed E-state index contributed by atoms with van der Waals surface area (Å²) in [5.74, 6) is -3.04. The van der Waals surface area contributed by atoms with E-state index in [0.717, 1.165) is 12.1 Å². The van der Waals surface area contributed by atoms with Crippen LogP contribution in [0.25, 0.3) is 6.08 Å². The molecular formula is C25H17FN4O7. The third kappa shape index (κ3) is 5.48. The molecule has 1 aliphatic heterocycles. The monoisotopic (exact) mass is 504 g/mol. The molecule has 0 spiro atoms. The Hall–Kier alpha value is -5.39. The zero-order valence-corrected chi connectivity index (χ0v) is 18.8. The van der Waals surface area contributed by atoms with Crippen molar-refractivity contribution < 1.29 is 33.2 Å². The van der Waals surface area contributed by atoms with Crippen molar-refractivity contribution in [3.05, 3.63) is 99.9 Å². The minimum atomic E-state index is -1.02. The van der Waals surface area contributed by atoms with Gasteiger partial charge in [0, 0.05) is 17.7 Å². The quantitative estimate of drug-likeness (QED) is 0.217. The number of hydrogen-bond acceptors (Lipinski definition) is 7. The van der Waals surface area contributed by atoms with E-state index >= 15 is 0 Å². The van der Waals surface area contributed by atoms with Gasteiger partial charge in [-0.2, -0.15) is 0 Å². The van der Waals surface area contributed by atoms with Crippen LogP contribution in [0.1, 0.15) is 5.56 Å². The number of carbonyl (C=O) groups is 4. The van der Waals surface area contributed by atoms with Gasteiger partial charge in [-0.25, -0.2) is 14.1 Å². The van der Waals surface area contributed by atoms with Gasteiger partial charge in [0.2, 0.25) is 0 Å². The topological polar surface area (TPSA) is 148 Å². The highest BCUT2D eigenvalue weighted by Gasteiger charge is 2.37. The van der Waals surface area contributed by atoms with E-state index in [2.05, 4.69) is 10.6 Å². The zero-order valence-electron chi connectivity index (χ0n) is 18.8. The molecule has 0 unspecified atom stereocenters. The van der Waals surface area contributed by atoms with Crippen LogP contribution in [0.2, 0.25) is 0 Å². The SMILES string of the molecule is O=C(COc1ccccc1/C=C1/C(=O)NC(=O)N(c2ccc([N+](=O)[O-])cc2)C1=O)Nc1ccccc1F. The van der Waals surface area contributed by atoms with E-state index in [1.54, 1.807) is 18.2 Å². The molecule has 3 aromatic rings. The normalized spacial score (nSPS) is 14.4. The number of para-hydroxylation sites is 2. The highest BCUT2D eigenvalue weighted by molar-refractivity contribution is 6.39. The summed E-state index contributed by atoms with van der Waals surface area (Å²) in [5.41, 5.74) is -0.416. The number of amides is 5. The van der Waals surface area contributed by atoms with Crippen molar-refractivity contribution in [1.29, 1.82) is 0 Å². The Morgan fingerprint density at radius 1 is 1.03 bits per heavy atom. The second-order valence-electron chi connectivity index (χ2n) is 7.59. The minimum absolute atomic E-state index is 0.0147. The van der Waals surface area contributed by atoms with Crippen LogP contribution in [-0.2, 0) is 14.4 Å². The van der Waals surface area contributed by atoms with Crippen LogP contribution >= 0.6 is 0 Å². The lowest BCUT2D eigenvalue weighted by Gasteiger charge is -2.26. The number of hydrogen-bond donors (Lipinski definition) is 2. The average molecular weight is 504 g/mol. The predicted octanol–water partition coefficient (Wildman–Crippen LogP) is 3.42. The number of halogens is 1. The van der Waals surface area contributed by atoms with Gasteiger partial charge in [0.15, 0.2) is 6.61 Å². The van der Waals surface area contributed by atoms with Gasteiger partial charge in [-0.1, -0.05) is 30.3 Å². The van der Waals surface area contributed by atoms with E-state index in [0.29, 0.717) is 4.90 Å². The molecule has 1 fully saturated rings. The number of carbonyl (C=O) groups excluding carboxylic acids is 4. The lowest BCUT2D eigenvalue weighted by Crippen LogP contribution is -2.54. The van der Waals surface area contributed by atoms with Crippen molar-refractivity contribution in [2.75, 3.05) is 16.8 Å². The number of nitrogens with one attached hydrogen (secondary N) is 2. The summed E-state index contributed by atoms with van der Waals surface area (Å²) in [6, 6.07) is 15.4. The third-order valence-corrected chi connectivity index (χ3v) is 5.15. The fourth-order valence-electron chi connectivity index (χ4n) is 3.39. The highest BCUT2D eigenvalue weighted by atomic mass is 19.1. The van der Waals surface area contributed by atoms with Crippen molar-refractivity contribution in [1.82, 2.24) is 5.32 Å². The van der Waals surface area contributed by atoms with Crippen LogP contribution in [-0.4, -0.2) is 35.3 Å². The van der Waals surface area contributed by atoms with Crippen LogP contribution in [0.5, 0.6) is 5.75 Å². The summed E-state index contributed by atoms with van der Waals surface area (Å²) < 4.78 is 19.3. The Labute approximate surface area is 208 Å². The number of nitrogens with zero attached hydrogens (tertiary/aromatic N) is 2. The molecule has 1 heterocycles. The van der Waals surface area contributed by atoms with E-state index in [9.17, 15) is 33.7 Å². The molecule has 1 saturated heterocycles. The van der Waals surface area contributed by atoms with E-state index in [1.807, 2.05) is 0 Å². The molecule has 3 aromatic carbocycles. The number of rotatable bonds is 7. The number of barbiturate groups is 1. The van der Waals surface area contributed by atoms with Crippen molar-refractivity contribution in [2.45, 2.75) is 0 Å². The summed E-state index contributed by atoms with van der Waals surface area (Å²) in [5, 5.41) is 15.3. The average Bonchev–Trinajstić information content (AvgIpc) is 2.87. The summed E-state index contributed by atoms with van der Waals surface area (Å²) in [6.45, 7) is -0.498. The van der Waals surface area contributed by atoms with Crippen LogP contribution < -0.4 is 20.3 Å². The Kier molecular flexibility index (Phi) is 7.00. The summed E-state index contributed by atoms with van der Waals surface area (Å²) in [4.78, 5) is 61.1. The van der Waals surface area contributed by atoms with Gasteiger partial charge in [0.05, 0.1) is 16.3 Å². The summed E-state index contributed by atoms with van der Waals surface area (Å²) in [6.07, 6.45) is 1.19. The van der Waals surface area contributed by atoms with Gasteiger partial charge in [-0.05, 0) is 36.4 Å². The largest absolute Gasteiger partial charge is 0.483 e. The molecule has 0 aliphatic carbocycles. The molecular weight excluding hydrogens is 487 g/mol. The van der Waals surface area contributed by atoms with Crippen molar-refractivity contribution >= 4 is 46.9 Å². The fraction of sp³-hybridized carbons (Fsp3) is 0.0400. The van der Waals surface area contributed by atoms with Crippen molar-refractivity contribution in [3.63, 3.8) is 0 Å². The first-order valence-corrected chi connectivity index (χ1v) is 10.7. The standard InChI is InChI=1S/C25H17FN4O7/c26-19-6-2-3-7-20(19)27-22(31)14-37-21-8-4-1-5-15(21)13-18-23(32)28-25(34)29(24(18)33)16-9-11-17(12-10-16)30(35)36/h1-13H,14H2,(H,27,31)(H,28,32,34)/b18-13-. The molecule has 0 saturated carbocycles. The first-order valence-electron chi connectivity index (χ1n) is 10.7. The van der Waals surface area contributed by atoms with Gasteiger partial charge in [0.1, 0.15) is 17.1 Å². The molecule has 186 valence electrons.